The highest BCUT2D eigenvalue weighted by molar-refractivity contribution is 5.90. The Hall–Kier alpha value is -3.74. The van der Waals surface area contributed by atoms with Crippen molar-refractivity contribution in [2.75, 3.05) is 5.32 Å². The number of fused-ring (bicyclic) bond motifs is 1. The number of aromatic nitrogens is 4. The molecule has 1 N–H and O–H groups in total. The highest BCUT2D eigenvalue weighted by atomic mass is 16.2. The molecule has 0 radical (unpaired) electrons. The van der Waals surface area contributed by atoms with E-state index in [1.54, 1.807) is 23.8 Å². The van der Waals surface area contributed by atoms with Crippen LogP contribution in [0.1, 0.15) is 37.8 Å². The van der Waals surface area contributed by atoms with Crippen LogP contribution in [0.15, 0.2) is 65.7 Å². The molecule has 0 saturated carbocycles. The van der Waals surface area contributed by atoms with Gasteiger partial charge in [-0.25, -0.2) is 9.97 Å². The molecule has 0 atom stereocenters. The summed E-state index contributed by atoms with van der Waals surface area (Å²) in [5.41, 5.74) is 2.25. The number of benzene rings is 2. The molecule has 2 aromatic heterocycles. The number of carbonyl (C=O) groups is 1. The first-order valence-electron chi connectivity index (χ1n) is 10.3. The van der Waals surface area contributed by atoms with Crippen LogP contribution in [0, 0.1) is 6.92 Å². The fourth-order valence-electron chi connectivity index (χ4n) is 3.65. The van der Waals surface area contributed by atoms with E-state index in [1.807, 2.05) is 53.2 Å². The Morgan fingerprint density at radius 1 is 1.10 bits per heavy atom. The second-order valence-electron chi connectivity index (χ2n) is 7.79. The lowest BCUT2D eigenvalue weighted by atomic mass is 10.2. The van der Waals surface area contributed by atoms with Gasteiger partial charge in [-0.05, 0) is 43.3 Å². The molecule has 0 saturated heterocycles. The van der Waals surface area contributed by atoms with Crippen molar-refractivity contribution >= 4 is 22.5 Å². The van der Waals surface area contributed by atoms with Crippen LogP contribution in [0.3, 0.4) is 0 Å². The van der Waals surface area contributed by atoms with Crippen LogP contribution in [0.2, 0.25) is 0 Å². The predicted molar refractivity (Wildman–Crippen MR) is 122 cm³/mol. The number of nitrogens with zero attached hydrogens (tertiary/aromatic N) is 4. The van der Waals surface area contributed by atoms with E-state index in [0.29, 0.717) is 28.3 Å². The highest BCUT2D eigenvalue weighted by Crippen LogP contribution is 2.19. The van der Waals surface area contributed by atoms with Crippen molar-refractivity contribution in [2.24, 2.45) is 0 Å². The molecule has 0 aliphatic heterocycles. The summed E-state index contributed by atoms with van der Waals surface area (Å²) in [6.45, 7) is 6.27. The predicted octanol–water partition coefficient (Wildman–Crippen LogP) is 4.04. The number of carbonyl (C=O) groups excluding carboxylic acids is 1. The van der Waals surface area contributed by atoms with E-state index in [-0.39, 0.29) is 24.4 Å². The summed E-state index contributed by atoms with van der Waals surface area (Å²) in [7, 11) is 0. The topological polar surface area (TPSA) is 81.8 Å². The molecule has 0 bridgehead atoms. The van der Waals surface area contributed by atoms with E-state index >= 15 is 0 Å². The fourth-order valence-corrected chi connectivity index (χ4v) is 3.65. The van der Waals surface area contributed by atoms with Crippen LogP contribution < -0.4 is 10.9 Å². The van der Waals surface area contributed by atoms with Crippen molar-refractivity contribution in [3.05, 3.63) is 82.9 Å². The van der Waals surface area contributed by atoms with Crippen LogP contribution in [-0.2, 0) is 11.3 Å². The average Bonchev–Trinajstić information content (AvgIpc) is 3.24. The molecular formula is C24H25N5O2. The van der Waals surface area contributed by atoms with Crippen molar-refractivity contribution in [1.82, 2.24) is 19.1 Å². The first kappa shape index (κ1) is 20.5. The number of amides is 1. The second kappa shape index (κ2) is 8.55. The van der Waals surface area contributed by atoms with Crippen molar-refractivity contribution in [2.45, 2.75) is 39.7 Å². The van der Waals surface area contributed by atoms with Crippen LogP contribution >= 0.6 is 0 Å². The van der Waals surface area contributed by atoms with E-state index in [9.17, 15) is 9.59 Å². The normalized spacial score (nSPS) is 11.2. The van der Waals surface area contributed by atoms with Gasteiger partial charge in [0.15, 0.2) is 0 Å². The number of hydrogen-bond acceptors (Lipinski definition) is 4. The second-order valence-corrected chi connectivity index (χ2v) is 7.79. The molecule has 2 heterocycles. The van der Waals surface area contributed by atoms with Gasteiger partial charge in [-0.2, -0.15) is 0 Å². The zero-order chi connectivity index (χ0) is 22.0. The third-order valence-corrected chi connectivity index (χ3v) is 5.23. The van der Waals surface area contributed by atoms with E-state index in [0.717, 1.165) is 11.5 Å². The van der Waals surface area contributed by atoms with Crippen LogP contribution in [-0.4, -0.2) is 25.0 Å². The third kappa shape index (κ3) is 4.26. The molecule has 1 amide bonds. The minimum absolute atomic E-state index is 0.124. The maximum Gasteiger partial charge on any atom is 0.261 e. The van der Waals surface area contributed by atoms with Crippen LogP contribution in [0.4, 0.5) is 5.69 Å². The molecule has 2 aromatic carbocycles. The van der Waals surface area contributed by atoms with Gasteiger partial charge in [-0.1, -0.05) is 26.0 Å². The Morgan fingerprint density at radius 3 is 2.58 bits per heavy atom. The third-order valence-electron chi connectivity index (χ3n) is 5.23. The largest absolute Gasteiger partial charge is 0.326 e. The summed E-state index contributed by atoms with van der Waals surface area (Å²) in [6.07, 6.45) is 3.90. The summed E-state index contributed by atoms with van der Waals surface area (Å²) in [5, 5.41) is 3.46. The van der Waals surface area contributed by atoms with Crippen molar-refractivity contribution in [3.63, 3.8) is 0 Å². The van der Waals surface area contributed by atoms with E-state index in [1.165, 1.54) is 0 Å². The van der Waals surface area contributed by atoms with Crippen molar-refractivity contribution < 1.29 is 4.79 Å². The number of rotatable bonds is 6. The first-order valence-corrected chi connectivity index (χ1v) is 10.3. The summed E-state index contributed by atoms with van der Waals surface area (Å²) >= 11 is 0. The van der Waals surface area contributed by atoms with Gasteiger partial charge in [0.05, 0.1) is 10.9 Å². The quantitative estimate of drug-likeness (QED) is 0.515. The molecule has 0 aliphatic rings. The lowest BCUT2D eigenvalue weighted by molar-refractivity contribution is -0.116. The van der Waals surface area contributed by atoms with Gasteiger partial charge in [0.25, 0.3) is 5.56 Å². The molecule has 7 heteroatoms. The van der Waals surface area contributed by atoms with Gasteiger partial charge in [0.2, 0.25) is 5.91 Å². The van der Waals surface area contributed by atoms with E-state index < -0.39 is 0 Å². The first-order chi connectivity index (χ1) is 14.9. The van der Waals surface area contributed by atoms with E-state index in [2.05, 4.69) is 29.1 Å². The molecule has 0 aliphatic carbocycles. The summed E-state index contributed by atoms with van der Waals surface area (Å²) in [4.78, 5) is 34.1. The van der Waals surface area contributed by atoms with Gasteiger partial charge in [-0.15, -0.1) is 0 Å². The summed E-state index contributed by atoms with van der Waals surface area (Å²) in [5.74, 6) is 1.74. The van der Waals surface area contributed by atoms with Gasteiger partial charge < -0.3 is 9.88 Å². The number of hydrogen-bond donors (Lipinski definition) is 1. The molecule has 0 spiro atoms. The number of anilines is 1. The lowest BCUT2D eigenvalue weighted by Gasteiger charge is -2.12. The Balaban J connectivity index is 1.43. The maximum atomic E-state index is 12.7. The van der Waals surface area contributed by atoms with Gasteiger partial charge in [0, 0.05) is 42.7 Å². The molecule has 0 unspecified atom stereocenters. The van der Waals surface area contributed by atoms with Gasteiger partial charge in [-0.3, -0.25) is 14.2 Å². The average molecular weight is 415 g/mol. The molecule has 4 rings (SSSR count). The highest BCUT2D eigenvalue weighted by Gasteiger charge is 2.11. The van der Waals surface area contributed by atoms with Crippen LogP contribution in [0.25, 0.3) is 16.6 Å². The minimum atomic E-state index is -0.155. The van der Waals surface area contributed by atoms with E-state index in [4.69, 9.17) is 0 Å². The molecule has 7 nitrogen and oxygen atoms in total. The summed E-state index contributed by atoms with van der Waals surface area (Å²) < 4.78 is 3.59. The van der Waals surface area contributed by atoms with Crippen LogP contribution in [0.5, 0.6) is 0 Å². The standard InChI is InChI=1S/C24H25N5O2/c1-16(2)23-25-13-15-29(23)19-10-8-18(9-11-19)27-22(30)12-14-28-17(3)26-21-7-5-4-6-20(21)24(28)31/h4-11,13,15-16H,12,14H2,1-3H3,(H,27,30). The van der Waals surface area contributed by atoms with Crippen molar-refractivity contribution in [1.29, 1.82) is 0 Å². The smallest absolute Gasteiger partial charge is 0.261 e. The Kier molecular flexibility index (Phi) is 5.66. The zero-order valence-electron chi connectivity index (χ0n) is 17.9. The number of nitrogens with one attached hydrogen (secondary N) is 1. The SMILES string of the molecule is Cc1nc2ccccc2c(=O)n1CCC(=O)Nc1ccc(-n2ccnc2C(C)C)cc1. The molecule has 158 valence electrons. The number of para-hydroxylation sites is 1. The minimum Gasteiger partial charge on any atom is -0.326 e. The molecule has 4 aromatic rings. The molecule has 31 heavy (non-hydrogen) atoms. The lowest BCUT2D eigenvalue weighted by Crippen LogP contribution is -2.26. The Labute approximate surface area is 180 Å². The summed E-state index contributed by atoms with van der Waals surface area (Å²) in [6, 6.07) is 14.9. The zero-order valence-corrected chi connectivity index (χ0v) is 17.9. The number of imidazole rings is 1. The molecule has 0 fully saturated rings. The Morgan fingerprint density at radius 2 is 1.84 bits per heavy atom. The van der Waals surface area contributed by atoms with Gasteiger partial charge in [0.1, 0.15) is 11.6 Å². The maximum absolute atomic E-state index is 12.7. The van der Waals surface area contributed by atoms with Crippen molar-refractivity contribution in [3.8, 4) is 5.69 Å². The fraction of sp³-hybridized carbons (Fsp3) is 0.250. The monoisotopic (exact) mass is 415 g/mol. The Bertz CT molecular complexity index is 1290. The number of aryl methyl sites for hydroxylation is 1. The molecular weight excluding hydrogens is 390 g/mol. The van der Waals surface area contributed by atoms with Gasteiger partial charge >= 0.3 is 0 Å².